The summed E-state index contributed by atoms with van der Waals surface area (Å²) < 4.78 is 11.1. The molecule has 1 aromatic rings. The number of morpholine rings is 1. The first kappa shape index (κ1) is 22.9. The second kappa shape index (κ2) is 11.0. The lowest BCUT2D eigenvalue weighted by atomic mass is 10.1. The Bertz CT molecular complexity index is 723. The number of nitriles is 1. The third-order valence-electron chi connectivity index (χ3n) is 4.70. The molecule has 0 radical (unpaired) electrons. The molecule has 6 nitrogen and oxygen atoms in total. The number of hydrogen-bond donors (Lipinski definition) is 1. The van der Waals surface area contributed by atoms with E-state index < -0.39 is 0 Å². The van der Waals surface area contributed by atoms with Crippen LogP contribution in [0, 0.1) is 17.2 Å². The second-order valence-corrected chi connectivity index (χ2v) is 8.43. The van der Waals surface area contributed by atoms with Crippen LogP contribution in [-0.2, 0) is 14.3 Å². The van der Waals surface area contributed by atoms with Gasteiger partial charge in [-0.25, -0.2) is 0 Å². The molecule has 1 amide bonds. The Morgan fingerprint density at radius 3 is 2.55 bits per heavy atom. The van der Waals surface area contributed by atoms with Crippen molar-refractivity contribution in [1.82, 2.24) is 5.32 Å². The van der Waals surface area contributed by atoms with E-state index in [0.29, 0.717) is 13.2 Å². The van der Waals surface area contributed by atoms with Crippen LogP contribution in [0.4, 0.5) is 5.69 Å². The van der Waals surface area contributed by atoms with Gasteiger partial charge >= 0.3 is 0 Å². The van der Waals surface area contributed by atoms with Gasteiger partial charge in [0.25, 0.3) is 5.91 Å². The van der Waals surface area contributed by atoms with E-state index in [0.717, 1.165) is 44.0 Å². The van der Waals surface area contributed by atoms with Crippen LogP contribution >= 0.6 is 0 Å². The van der Waals surface area contributed by atoms with Crippen LogP contribution in [0.3, 0.4) is 0 Å². The van der Waals surface area contributed by atoms with Crippen LogP contribution in [0.15, 0.2) is 29.8 Å². The molecule has 1 heterocycles. The van der Waals surface area contributed by atoms with Crippen molar-refractivity contribution in [3.05, 3.63) is 35.4 Å². The van der Waals surface area contributed by atoms with Crippen molar-refractivity contribution in [2.24, 2.45) is 5.92 Å². The van der Waals surface area contributed by atoms with E-state index >= 15 is 0 Å². The lowest BCUT2D eigenvalue weighted by molar-refractivity contribution is -0.117. The van der Waals surface area contributed by atoms with Crippen LogP contribution in [0.2, 0.25) is 0 Å². The molecular weight excluding hydrogens is 366 g/mol. The fourth-order valence-corrected chi connectivity index (χ4v) is 2.95. The molecule has 2 rings (SSSR count). The zero-order valence-electron chi connectivity index (χ0n) is 18.0. The molecule has 1 unspecified atom stereocenters. The highest BCUT2D eigenvalue weighted by Crippen LogP contribution is 2.18. The minimum atomic E-state index is -0.339. The van der Waals surface area contributed by atoms with Gasteiger partial charge in [0.05, 0.1) is 18.8 Å². The highest BCUT2D eigenvalue weighted by Gasteiger charge is 2.14. The van der Waals surface area contributed by atoms with E-state index in [1.807, 2.05) is 51.1 Å². The summed E-state index contributed by atoms with van der Waals surface area (Å²) in [4.78, 5) is 14.6. The van der Waals surface area contributed by atoms with Crippen molar-refractivity contribution < 1.29 is 14.3 Å². The molecular formula is C23H33N3O3. The maximum absolute atomic E-state index is 12.4. The predicted octanol–water partition coefficient (Wildman–Crippen LogP) is 3.39. The fourth-order valence-electron chi connectivity index (χ4n) is 2.95. The van der Waals surface area contributed by atoms with Gasteiger partial charge in [0.2, 0.25) is 0 Å². The fraction of sp³-hybridized carbons (Fsp3) is 0.565. The summed E-state index contributed by atoms with van der Waals surface area (Å²) in [5.74, 6) is -0.0672. The molecule has 29 heavy (non-hydrogen) atoms. The summed E-state index contributed by atoms with van der Waals surface area (Å²) in [6.07, 6.45) is 2.48. The SMILES string of the molecule is CC(CCOC(C)(C)C)CNC(=O)/C(C#N)=C/c1ccc(N2CCOCC2)cc1. The number of ether oxygens (including phenoxy) is 2. The van der Waals surface area contributed by atoms with Crippen molar-refractivity contribution in [2.45, 2.75) is 39.7 Å². The Morgan fingerprint density at radius 2 is 1.97 bits per heavy atom. The lowest BCUT2D eigenvalue weighted by Gasteiger charge is -2.28. The molecule has 1 aliphatic rings. The molecule has 1 aliphatic heterocycles. The quantitative estimate of drug-likeness (QED) is 0.536. The average Bonchev–Trinajstić information content (AvgIpc) is 2.70. The first-order valence-corrected chi connectivity index (χ1v) is 10.3. The van der Waals surface area contributed by atoms with E-state index in [4.69, 9.17) is 9.47 Å². The molecule has 6 heteroatoms. The van der Waals surface area contributed by atoms with Crippen molar-refractivity contribution in [3.63, 3.8) is 0 Å². The lowest BCUT2D eigenvalue weighted by Crippen LogP contribution is -2.36. The van der Waals surface area contributed by atoms with E-state index in [-0.39, 0.29) is 23.0 Å². The van der Waals surface area contributed by atoms with Gasteiger partial charge in [0.15, 0.2) is 0 Å². The van der Waals surface area contributed by atoms with Crippen LogP contribution in [0.25, 0.3) is 6.08 Å². The van der Waals surface area contributed by atoms with Gasteiger partial charge in [0.1, 0.15) is 11.6 Å². The monoisotopic (exact) mass is 399 g/mol. The molecule has 0 aliphatic carbocycles. The van der Waals surface area contributed by atoms with E-state index in [2.05, 4.69) is 17.1 Å². The van der Waals surface area contributed by atoms with Crippen LogP contribution < -0.4 is 10.2 Å². The minimum Gasteiger partial charge on any atom is -0.378 e. The summed E-state index contributed by atoms with van der Waals surface area (Å²) in [6, 6.07) is 9.91. The van der Waals surface area contributed by atoms with Crippen molar-refractivity contribution in [2.75, 3.05) is 44.4 Å². The third kappa shape index (κ3) is 8.26. The number of amides is 1. The first-order chi connectivity index (χ1) is 13.8. The van der Waals surface area contributed by atoms with Gasteiger partial charge < -0.3 is 19.7 Å². The summed E-state index contributed by atoms with van der Waals surface area (Å²) in [6.45, 7) is 12.5. The summed E-state index contributed by atoms with van der Waals surface area (Å²) in [7, 11) is 0. The number of nitrogens with one attached hydrogen (secondary N) is 1. The Kier molecular flexibility index (Phi) is 8.69. The molecule has 1 N–H and O–H groups in total. The van der Waals surface area contributed by atoms with Gasteiger partial charge in [-0.15, -0.1) is 0 Å². The zero-order valence-corrected chi connectivity index (χ0v) is 18.0. The van der Waals surface area contributed by atoms with Crippen molar-refractivity contribution in [3.8, 4) is 6.07 Å². The number of hydrogen-bond acceptors (Lipinski definition) is 5. The molecule has 1 atom stereocenters. The first-order valence-electron chi connectivity index (χ1n) is 10.3. The summed E-state index contributed by atoms with van der Waals surface area (Å²) >= 11 is 0. The molecule has 1 aromatic carbocycles. The van der Waals surface area contributed by atoms with Gasteiger partial charge in [-0.2, -0.15) is 5.26 Å². The molecule has 0 spiro atoms. The predicted molar refractivity (Wildman–Crippen MR) is 116 cm³/mol. The Morgan fingerprint density at radius 1 is 1.31 bits per heavy atom. The normalized spacial score (nSPS) is 16.2. The smallest absolute Gasteiger partial charge is 0.261 e. The maximum atomic E-state index is 12.4. The number of carbonyl (C=O) groups is 1. The minimum absolute atomic E-state index is 0.113. The Balaban J connectivity index is 1.86. The highest BCUT2D eigenvalue weighted by molar-refractivity contribution is 6.01. The Labute approximate surface area is 174 Å². The molecule has 0 saturated carbocycles. The molecule has 158 valence electrons. The molecule has 0 aromatic heterocycles. The topological polar surface area (TPSA) is 74.6 Å². The summed E-state index contributed by atoms with van der Waals surface area (Å²) in [5.41, 5.74) is 1.92. The van der Waals surface area contributed by atoms with Crippen molar-refractivity contribution >= 4 is 17.7 Å². The number of rotatable bonds is 8. The standard InChI is InChI=1S/C23H33N3O3/c1-18(9-12-29-23(2,3)4)17-25-22(27)20(16-24)15-19-5-7-21(8-6-19)26-10-13-28-14-11-26/h5-8,15,18H,9-14,17H2,1-4H3,(H,25,27)/b20-15+. The zero-order chi connectivity index (χ0) is 21.3. The van der Waals surface area contributed by atoms with E-state index in [9.17, 15) is 10.1 Å². The maximum Gasteiger partial charge on any atom is 0.261 e. The average molecular weight is 400 g/mol. The molecule has 0 bridgehead atoms. The number of nitrogens with zero attached hydrogens (tertiary/aromatic N) is 2. The largest absolute Gasteiger partial charge is 0.378 e. The number of benzene rings is 1. The van der Waals surface area contributed by atoms with Crippen molar-refractivity contribution in [1.29, 1.82) is 5.26 Å². The summed E-state index contributed by atoms with van der Waals surface area (Å²) in [5, 5.41) is 12.2. The van der Waals surface area contributed by atoms with Crippen LogP contribution in [0.1, 0.15) is 39.7 Å². The van der Waals surface area contributed by atoms with Gasteiger partial charge in [-0.1, -0.05) is 19.1 Å². The molecule has 1 fully saturated rings. The van der Waals surface area contributed by atoms with Gasteiger partial charge in [-0.3, -0.25) is 4.79 Å². The number of carbonyl (C=O) groups excluding carboxylic acids is 1. The van der Waals surface area contributed by atoms with Gasteiger partial charge in [0, 0.05) is 31.9 Å². The van der Waals surface area contributed by atoms with E-state index in [1.165, 1.54) is 0 Å². The highest BCUT2D eigenvalue weighted by atomic mass is 16.5. The van der Waals surface area contributed by atoms with Gasteiger partial charge in [-0.05, 0) is 56.9 Å². The second-order valence-electron chi connectivity index (χ2n) is 8.43. The Hall–Kier alpha value is -2.36. The van der Waals surface area contributed by atoms with E-state index in [1.54, 1.807) is 6.08 Å². The van der Waals surface area contributed by atoms with Crippen LogP contribution in [0.5, 0.6) is 0 Å². The molecule has 1 saturated heterocycles. The van der Waals surface area contributed by atoms with Crippen LogP contribution in [-0.4, -0.2) is 51.0 Å². The third-order valence-corrected chi connectivity index (χ3v) is 4.70. The number of anilines is 1.